The summed E-state index contributed by atoms with van der Waals surface area (Å²) < 4.78 is 0. The van der Waals surface area contributed by atoms with Gasteiger partial charge in [0.1, 0.15) is 0 Å². The van der Waals surface area contributed by atoms with Crippen molar-refractivity contribution in [2.24, 2.45) is 5.92 Å². The molecule has 1 fully saturated rings. The first kappa shape index (κ1) is 14.4. The van der Waals surface area contributed by atoms with Gasteiger partial charge in [0.05, 0.1) is 0 Å². The molecule has 1 aliphatic heterocycles. The molecule has 19 heavy (non-hydrogen) atoms. The minimum absolute atomic E-state index is 0.590. The third-order valence-electron chi connectivity index (χ3n) is 4.08. The van der Waals surface area contributed by atoms with Crippen molar-refractivity contribution in [3.8, 4) is 0 Å². The summed E-state index contributed by atoms with van der Waals surface area (Å²) in [7, 11) is 0. The molecule has 2 heteroatoms. The molecule has 1 N–H and O–H groups in total. The number of rotatable bonds is 2. The summed E-state index contributed by atoms with van der Waals surface area (Å²) in [5, 5.41) is 3.62. The molecule has 2 nitrogen and oxygen atoms in total. The monoisotopic (exact) mass is 260 g/mol. The first-order chi connectivity index (χ1) is 9.08. The van der Waals surface area contributed by atoms with Crippen LogP contribution >= 0.6 is 0 Å². The van der Waals surface area contributed by atoms with Gasteiger partial charge in [-0.25, -0.2) is 0 Å². The Kier molecular flexibility index (Phi) is 4.87. The van der Waals surface area contributed by atoms with Crippen LogP contribution in [0.25, 0.3) is 0 Å². The summed E-state index contributed by atoms with van der Waals surface area (Å²) >= 11 is 0. The normalized spacial score (nSPS) is 25.2. The van der Waals surface area contributed by atoms with Crippen LogP contribution in [0.15, 0.2) is 24.3 Å². The molecule has 1 aromatic carbocycles. The maximum Gasteiger partial charge on any atom is 0.0401 e. The molecule has 2 rings (SSSR count). The molecule has 0 radical (unpaired) electrons. The molecule has 2 atom stereocenters. The number of nitrogens with one attached hydrogen (secondary N) is 1. The molecule has 0 aliphatic carbocycles. The van der Waals surface area contributed by atoms with Gasteiger partial charge in [-0.2, -0.15) is 0 Å². The third kappa shape index (κ3) is 3.73. The van der Waals surface area contributed by atoms with E-state index in [2.05, 4.69) is 62.2 Å². The van der Waals surface area contributed by atoms with E-state index in [0.29, 0.717) is 17.9 Å². The largest absolute Gasteiger partial charge is 0.371 e. The van der Waals surface area contributed by atoms with Crippen LogP contribution in [-0.2, 0) is 0 Å². The van der Waals surface area contributed by atoms with Crippen molar-refractivity contribution in [3.05, 3.63) is 29.8 Å². The van der Waals surface area contributed by atoms with Crippen LogP contribution in [0.2, 0.25) is 0 Å². The Morgan fingerprint density at radius 1 is 1.21 bits per heavy atom. The van der Waals surface area contributed by atoms with E-state index < -0.39 is 0 Å². The fourth-order valence-electron chi connectivity index (χ4n) is 2.87. The lowest BCUT2D eigenvalue weighted by molar-refractivity contribution is 0.410. The zero-order chi connectivity index (χ0) is 13.8. The molecule has 0 amide bonds. The van der Waals surface area contributed by atoms with Crippen molar-refractivity contribution in [2.75, 3.05) is 24.5 Å². The van der Waals surface area contributed by atoms with Crippen LogP contribution in [0.1, 0.15) is 45.6 Å². The number of hydrogen-bond donors (Lipinski definition) is 1. The van der Waals surface area contributed by atoms with Crippen molar-refractivity contribution in [2.45, 2.75) is 46.1 Å². The Bertz CT molecular complexity index is 400. The predicted molar refractivity (Wildman–Crippen MR) is 84.0 cm³/mol. The van der Waals surface area contributed by atoms with E-state index in [-0.39, 0.29) is 0 Å². The summed E-state index contributed by atoms with van der Waals surface area (Å²) in [4.78, 5) is 2.59. The van der Waals surface area contributed by atoms with Gasteiger partial charge in [0.15, 0.2) is 0 Å². The molecule has 0 aromatic heterocycles. The summed E-state index contributed by atoms with van der Waals surface area (Å²) in [6.45, 7) is 12.7. The maximum absolute atomic E-state index is 3.62. The number of benzene rings is 1. The molecule has 106 valence electrons. The van der Waals surface area contributed by atoms with E-state index in [4.69, 9.17) is 0 Å². The summed E-state index contributed by atoms with van der Waals surface area (Å²) in [6.07, 6.45) is 1.22. The first-order valence-electron chi connectivity index (χ1n) is 7.65. The highest BCUT2D eigenvalue weighted by Crippen LogP contribution is 2.28. The molecule has 0 saturated carbocycles. The van der Waals surface area contributed by atoms with E-state index in [1.807, 2.05) is 0 Å². The molecule has 1 aromatic rings. The van der Waals surface area contributed by atoms with E-state index in [9.17, 15) is 0 Å². The Morgan fingerprint density at radius 2 is 1.95 bits per heavy atom. The maximum atomic E-state index is 3.62. The smallest absolute Gasteiger partial charge is 0.0401 e. The van der Waals surface area contributed by atoms with Crippen molar-refractivity contribution >= 4 is 5.69 Å². The van der Waals surface area contributed by atoms with Crippen LogP contribution in [0.3, 0.4) is 0 Å². The molecule has 2 unspecified atom stereocenters. The first-order valence-corrected chi connectivity index (χ1v) is 7.65. The minimum Gasteiger partial charge on any atom is -0.371 e. The highest BCUT2D eigenvalue weighted by atomic mass is 15.1. The van der Waals surface area contributed by atoms with Crippen LogP contribution < -0.4 is 10.2 Å². The molecular weight excluding hydrogens is 232 g/mol. The zero-order valence-electron chi connectivity index (χ0n) is 12.8. The SMILES string of the molecule is CC1CNC(C)CCN(c2ccccc2C(C)C)C1. The second-order valence-corrected chi connectivity index (χ2v) is 6.36. The quantitative estimate of drug-likeness (QED) is 0.873. The summed E-state index contributed by atoms with van der Waals surface area (Å²) in [5.41, 5.74) is 2.93. The predicted octanol–water partition coefficient (Wildman–Crippen LogP) is 3.63. The highest BCUT2D eigenvalue weighted by molar-refractivity contribution is 5.55. The van der Waals surface area contributed by atoms with Gasteiger partial charge in [-0.1, -0.05) is 39.0 Å². The van der Waals surface area contributed by atoms with Gasteiger partial charge in [0.2, 0.25) is 0 Å². The van der Waals surface area contributed by atoms with E-state index >= 15 is 0 Å². The van der Waals surface area contributed by atoms with Crippen LogP contribution in [0, 0.1) is 5.92 Å². The van der Waals surface area contributed by atoms with E-state index in [1.165, 1.54) is 17.7 Å². The lowest BCUT2D eigenvalue weighted by atomic mass is 9.98. The Balaban J connectivity index is 2.23. The molecule has 0 bridgehead atoms. The second kappa shape index (κ2) is 6.42. The van der Waals surface area contributed by atoms with Crippen LogP contribution in [0.5, 0.6) is 0 Å². The number of para-hydroxylation sites is 1. The molecule has 1 aliphatic rings. The van der Waals surface area contributed by atoms with Crippen molar-refractivity contribution in [1.82, 2.24) is 5.32 Å². The average Bonchev–Trinajstić information content (AvgIpc) is 2.39. The van der Waals surface area contributed by atoms with E-state index in [0.717, 1.165) is 19.6 Å². The summed E-state index contributed by atoms with van der Waals surface area (Å²) in [6, 6.07) is 9.53. The second-order valence-electron chi connectivity index (χ2n) is 6.36. The van der Waals surface area contributed by atoms with Gasteiger partial charge >= 0.3 is 0 Å². The zero-order valence-corrected chi connectivity index (χ0v) is 12.8. The van der Waals surface area contributed by atoms with Gasteiger partial charge in [-0.3, -0.25) is 0 Å². The number of anilines is 1. The molecule has 0 spiro atoms. The van der Waals surface area contributed by atoms with Crippen LogP contribution in [-0.4, -0.2) is 25.7 Å². The molecular formula is C17H28N2. The highest BCUT2D eigenvalue weighted by Gasteiger charge is 2.19. The topological polar surface area (TPSA) is 15.3 Å². The van der Waals surface area contributed by atoms with Crippen molar-refractivity contribution in [1.29, 1.82) is 0 Å². The summed E-state index contributed by atoms with van der Waals surface area (Å²) in [5.74, 6) is 1.29. The fourth-order valence-corrected chi connectivity index (χ4v) is 2.87. The molecule has 1 heterocycles. The van der Waals surface area contributed by atoms with Gasteiger partial charge in [0.25, 0.3) is 0 Å². The Labute approximate surface area is 118 Å². The standard InChI is InChI=1S/C17H28N2/c1-13(2)16-7-5-6-8-17(16)19-10-9-15(4)18-11-14(3)12-19/h5-8,13-15,18H,9-12H2,1-4H3. The van der Waals surface area contributed by atoms with E-state index in [1.54, 1.807) is 0 Å². The third-order valence-corrected chi connectivity index (χ3v) is 4.08. The van der Waals surface area contributed by atoms with Gasteiger partial charge in [-0.15, -0.1) is 0 Å². The minimum atomic E-state index is 0.590. The lowest BCUT2D eigenvalue weighted by Gasteiger charge is -2.34. The van der Waals surface area contributed by atoms with Gasteiger partial charge in [0, 0.05) is 24.8 Å². The fraction of sp³-hybridized carbons (Fsp3) is 0.647. The Hall–Kier alpha value is -1.02. The van der Waals surface area contributed by atoms with Gasteiger partial charge in [-0.05, 0) is 43.4 Å². The number of nitrogens with zero attached hydrogens (tertiary/aromatic N) is 1. The van der Waals surface area contributed by atoms with Crippen molar-refractivity contribution in [3.63, 3.8) is 0 Å². The lowest BCUT2D eigenvalue weighted by Crippen LogP contribution is -2.42. The van der Waals surface area contributed by atoms with Crippen LogP contribution in [0.4, 0.5) is 5.69 Å². The number of hydrogen-bond acceptors (Lipinski definition) is 2. The Morgan fingerprint density at radius 3 is 2.68 bits per heavy atom. The van der Waals surface area contributed by atoms with Crippen molar-refractivity contribution < 1.29 is 0 Å². The molecule has 1 saturated heterocycles. The average molecular weight is 260 g/mol. The van der Waals surface area contributed by atoms with Gasteiger partial charge < -0.3 is 10.2 Å².